The van der Waals surface area contributed by atoms with Gasteiger partial charge >= 0.3 is 17.9 Å². The van der Waals surface area contributed by atoms with Crippen molar-refractivity contribution in [2.75, 3.05) is 6.61 Å². The number of fused-ring (bicyclic) bond motifs is 3. The summed E-state index contributed by atoms with van der Waals surface area (Å²) < 4.78 is 22.0. The Balaban J connectivity index is 1.86. The number of epoxide rings is 1. The summed E-state index contributed by atoms with van der Waals surface area (Å²) in [6.07, 6.45) is -2.35. The lowest BCUT2D eigenvalue weighted by Gasteiger charge is -2.49. The Morgan fingerprint density at radius 1 is 1.17 bits per heavy atom. The van der Waals surface area contributed by atoms with E-state index in [0.717, 1.165) is 0 Å². The van der Waals surface area contributed by atoms with Crippen LogP contribution < -0.4 is 0 Å². The van der Waals surface area contributed by atoms with Crippen LogP contribution in [-0.4, -0.2) is 48.9 Å². The summed E-state index contributed by atoms with van der Waals surface area (Å²) in [7, 11) is 0. The van der Waals surface area contributed by atoms with Gasteiger partial charge in [-0.15, -0.1) is 0 Å². The van der Waals surface area contributed by atoms with Crippen LogP contribution in [0.25, 0.3) is 0 Å². The van der Waals surface area contributed by atoms with Crippen molar-refractivity contribution in [2.45, 2.75) is 38.3 Å². The zero-order valence-corrected chi connectivity index (χ0v) is 13.4. The molecule has 128 valence electrons. The molecule has 0 aromatic carbocycles. The summed E-state index contributed by atoms with van der Waals surface area (Å²) >= 11 is 0. The number of carbonyl (C=O) groups is 3. The molecule has 1 aliphatic carbocycles. The highest BCUT2D eigenvalue weighted by atomic mass is 16.6. The third kappa shape index (κ3) is 1.79. The molecule has 0 N–H and O–H groups in total. The Morgan fingerprint density at radius 2 is 1.75 bits per heavy atom. The smallest absolute Gasteiger partial charge is 0.334 e. The van der Waals surface area contributed by atoms with Crippen molar-refractivity contribution in [2.24, 2.45) is 17.3 Å². The summed E-state index contributed by atoms with van der Waals surface area (Å²) in [4.78, 5) is 35.9. The Morgan fingerprint density at radius 3 is 2.33 bits per heavy atom. The van der Waals surface area contributed by atoms with Crippen LogP contribution in [-0.2, 0) is 33.3 Å². The lowest BCUT2D eigenvalue weighted by molar-refractivity contribution is -0.200. The fourth-order valence-corrected chi connectivity index (χ4v) is 4.54. The number of rotatable bonds is 2. The number of hydrogen-bond donors (Lipinski definition) is 0. The average Bonchev–Trinajstić information content (AvgIpc) is 3.26. The van der Waals surface area contributed by atoms with Gasteiger partial charge in [0, 0.05) is 29.4 Å². The maximum Gasteiger partial charge on any atom is 0.334 e. The predicted molar refractivity (Wildman–Crippen MR) is 78.4 cm³/mol. The second-order valence-electron chi connectivity index (χ2n) is 7.01. The standard InChI is InChI=1S/C17H18O7/c1-6-10-12-11(7(2)16(20)23-12)17(4,9-5-21-9)14(22-8(3)18)13(10)24-15(6)19/h9-14H,1-2,5H2,3-4H3. The first kappa shape index (κ1) is 15.4. The van der Waals surface area contributed by atoms with E-state index in [1.807, 2.05) is 6.92 Å². The van der Waals surface area contributed by atoms with Gasteiger partial charge in [0.2, 0.25) is 0 Å². The highest BCUT2D eigenvalue weighted by molar-refractivity contribution is 5.94. The molecule has 0 aromatic heterocycles. The molecule has 3 aliphatic heterocycles. The summed E-state index contributed by atoms with van der Waals surface area (Å²) in [5.74, 6) is -2.55. The van der Waals surface area contributed by atoms with Gasteiger partial charge in [0.1, 0.15) is 12.2 Å². The molecule has 0 bridgehead atoms. The van der Waals surface area contributed by atoms with Crippen molar-refractivity contribution in [3.8, 4) is 0 Å². The molecule has 4 rings (SSSR count). The molecule has 4 fully saturated rings. The van der Waals surface area contributed by atoms with E-state index in [0.29, 0.717) is 12.2 Å². The van der Waals surface area contributed by atoms with Gasteiger partial charge in [-0.05, 0) is 0 Å². The van der Waals surface area contributed by atoms with Crippen LogP contribution in [0, 0.1) is 17.3 Å². The second-order valence-corrected chi connectivity index (χ2v) is 7.01. The molecule has 0 aromatic rings. The van der Waals surface area contributed by atoms with Crippen LogP contribution in [0.4, 0.5) is 0 Å². The van der Waals surface area contributed by atoms with Gasteiger partial charge in [-0.1, -0.05) is 20.1 Å². The SMILES string of the molecule is C=C1C(=O)OC2C1C1OC(=O)C(=C)C1C(C)(C1CO1)C2OC(C)=O. The summed E-state index contributed by atoms with van der Waals surface area (Å²) in [6.45, 7) is 11.3. The van der Waals surface area contributed by atoms with Gasteiger partial charge in [-0.3, -0.25) is 4.79 Å². The monoisotopic (exact) mass is 334 g/mol. The topological polar surface area (TPSA) is 91.4 Å². The minimum atomic E-state index is -0.772. The highest BCUT2D eigenvalue weighted by Gasteiger charge is 2.72. The molecule has 7 unspecified atom stereocenters. The molecule has 3 saturated heterocycles. The van der Waals surface area contributed by atoms with E-state index < -0.39 is 53.5 Å². The normalized spacial score (nSPS) is 46.1. The Labute approximate surface area is 138 Å². The van der Waals surface area contributed by atoms with Crippen molar-refractivity contribution in [1.29, 1.82) is 0 Å². The van der Waals surface area contributed by atoms with Crippen molar-refractivity contribution < 1.29 is 33.3 Å². The third-order valence-electron chi connectivity index (χ3n) is 5.73. The van der Waals surface area contributed by atoms with E-state index in [9.17, 15) is 14.4 Å². The first-order chi connectivity index (χ1) is 11.3. The number of hydrogen-bond acceptors (Lipinski definition) is 7. The van der Waals surface area contributed by atoms with Crippen molar-refractivity contribution in [3.63, 3.8) is 0 Å². The average molecular weight is 334 g/mol. The van der Waals surface area contributed by atoms with Crippen LogP contribution in [0.2, 0.25) is 0 Å². The Bertz CT molecular complexity index is 691. The first-order valence-corrected chi connectivity index (χ1v) is 7.85. The molecule has 3 heterocycles. The molecule has 7 atom stereocenters. The first-order valence-electron chi connectivity index (χ1n) is 7.85. The number of esters is 3. The van der Waals surface area contributed by atoms with Crippen LogP contribution in [0.3, 0.4) is 0 Å². The van der Waals surface area contributed by atoms with Gasteiger partial charge in [0.15, 0.2) is 6.10 Å². The molecule has 7 heteroatoms. The molecule has 0 amide bonds. The van der Waals surface area contributed by atoms with E-state index in [4.69, 9.17) is 18.9 Å². The van der Waals surface area contributed by atoms with E-state index in [-0.39, 0.29) is 11.7 Å². The quantitative estimate of drug-likeness (QED) is 0.315. The maximum absolute atomic E-state index is 12.2. The molecular weight excluding hydrogens is 316 g/mol. The largest absolute Gasteiger partial charge is 0.458 e. The van der Waals surface area contributed by atoms with Crippen LogP contribution in [0.1, 0.15) is 13.8 Å². The van der Waals surface area contributed by atoms with Crippen LogP contribution in [0.15, 0.2) is 24.3 Å². The van der Waals surface area contributed by atoms with Crippen LogP contribution in [0.5, 0.6) is 0 Å². The lowest BCUT2D eigenvalue weighted by atomic mass is 9.56. The Hall–Kier alpha value is -2.15. The van der Waals surface area contributed by atoms with Crippen molar-refractivity contribution >= 4 is 17.9 Å². The zero-order chi connectivity index (χ0) is 17.4. The lowest BCUT2D eigenvalue weighted by Crippen LogP contribution is -2.62. The maximum atomic E-state index is 12.2. The minimum absolute atomic E-state index is 0.228. The fourth-order valence-electron chi connectivity index (χ4n) is 4.54. The highest BCUT2D eigenvalue weighted by Crippen LogP contribution is 2.60. The molecular formula is C17H18O7. The zero-order valence-electron chi connectivity index (χ0n) is 13.4. The van der Waals surface area contributed by atoms with Crippen molar-refractivity contribution in [1.82, 2.24) is 0 Å². The molecule has 7 nitrogen and oxygen atoms in total. The van der Waals surface area contributed by atoms with Crippen molar-refractivity contribution in [3.05, 3.63) is 24.3 Å². The number of ether oxygens (including phenoxy) is 4. The minimum Gasteiger partial charge on any atom is -0.458 e. The van der Waals surface area contributed by atoms with Gasteiger partial charge < -0.3 is 18.9 Å². The van der Waals surface area contributed by atoms with E-state index in [1.165, 1.54) is 6.92 Å². The molecule has 24 heavy (non-hydrogen) atoms. The summed E-state index contributed by atoms with van der Waals surface area (Å²) in [5, 5.41) is 0. The van der Waals surface area contributed by atoms with Gasteiger partial charge in [-0.2, -0.15) is 0 Å². The number of carbonyl (C=O) groups excluding carboxylic acids is 3. The summed E-state index contributed by atoms with van der Waals surface area (Å²) in [6, 6.07) is 0. The van der Waals surface area contributed by atoms with Crippen LogP contribution >= 0.6 is 0 Å². The second kappa shape index (κ2) is 4.69. The Kier molecular flexibility index (Phi) is 3.01. The molecule has 4 aliphatic rings. The molecule has 1 saturated carbocycles. The molecule has 0 spiro atoms. The van der Waals surface area contributed by atoms with Gasteiger partial charge in [0.25, 0.3) is 0 Å². The van der Waals surface area contributed by atoms with Gasteiger partial charge in [0.05, 0.1) is 18.6 Å². The fraction of sp³-hybridized carbons (Fsp3) is 0.588. The summed E-state index contributed by atoms with van der Waals surface area (Å²) in [5.41, 5.74) is -0.236. The van der Waals surface area contributed by atoms with E-state index in [1.54, 1.807) is 0 Å². The van der Waals surface area contributed by atoms with E-state index in [2.05, 4.69) is 13.2 Å². The predicted octanol–water partition coefficient (Wildman–Crippen LogP) is 0.532. The van der Waals surface area contributed by atoms with Gasteiger partial charge in [-0.25, -0.2) is 9.59 Å². The third-order valence-corrected chi connectivity index (χ3v) is 5.73. The van der Waals surface area contributed by atoms with E-state index >= 15 is 0 Å². The molecule has 0 radical (unpaired) electrons.